The van der Waals surface area contributed by atoms with Crippen LogP contribution in [0.25, 0.3) is 0 Å². The van der Waals surface area contributed by atoms with Gasteiger partial charge < -0.3 is 0 Å². The van der Waals surface area contributed by atoms with Gasteiger partial charge in [0.05, 0.1) is 0 Å². The van der Waals surface area contributed by atoms with Gasteiger partial charge in [0.1, 0.15) is 0 Å². The van der Waals surface area contributed by atoms with Gasteiger partial charge in [-0.1, -0.05) is 58.4 Å². The van der Waals surface area contributed by atoms with Crippen LogP contribution in [0.3, 0.4) is 0 Å². The second-order valence-corrected chi connectivity index (χ2v) is 4.94. The third-order valence-electron chi connectivity index (χ3n) is 3.42. The topological polar surface area (TPSA) is 12.9 Å². The van der Waals surface area contributed by atoms with Gasteiger partial charge >= 0.3 is 0 Å². The largest absolute Gasteiger partial charge is 0.261 e. The van der Waals surface area contributed by atoms with Crippen LogP contribution in [0.4, 0.5) is 0 Å². The molecule has 1 atom stereocenters. The Labute approximate surface area is 107 Å². The normalized spacial score (nSPS) is 12.6. The number of nitrogens with zero attached hydrogens (tertiary/aromatic N) is 1. The predicted molar refractivity (Wildman–Crippen MR) is 75.3 cm³/mol. The first-order valence-corrected chi connectivity index (χ1v) is 7.29. The molecular formula is C16H27N. The van der Waals surface area contributed by atoms with Gasteiger partial charge in [0.25, 0.3) is 0 Å². The molecule has 0 saturated heterocycles. The van der Waals surface area contributed by atoms with Crippen LogP contribution in [-0.4, -0.2) is 4.98 Å². The number of pyridine rings is 1. The van der Waals surface area contributed by atoms with E-state index in [2.05, 4.69) is 31.0 Å². The summed E-state index contributed by atoms with van der Waals surface area (Å²) in [6.07, 6.45) is 12.6. The lowest BCUT2D eigenvalue weighted by Crippen LogP contribution is -2.01. The van der Waals surface area contributed by atoms with Crippen molar-refractivity contribution < 1.29 is 0 Å². The molecule has 0 saturated carbocycles. The molecule has 0 spiro atoms. The van der Waals surface area contributed by atoms with E-state index < -0.39 is 0 Å². The van der Waals surface area contributed by atoms with Crippen molar-refractivity contribution in [2.75, 3.05) is 0 Å². The van der Waals surface area contributed by atoms with Crippen LogP contribution in [0.1, 0.15) is 76.8 Å². The molecule has 0 fully saturated rings. The molecule has 0 aliphatic rings. The molecule has 17 heavy (non-hydrogen) atoms. The van der Waals surface area contributed by atoms with Gasteiger partial charge in [0.15, 0.2) is 0 Å². The summed E-state index contributed by atoms with van der Waals surface area (Å²) in [5.41, 5.74) is 1.30. The molecule has 0 aromatic carbocycles. The lowest BCUT2D eigenvalue weighted by Gasteiger charge is -2.15. The van der Waals surface area contributed by atoms with E-state index in [1.165, 1.54) is 57.1 Å². The van der Waals surface area contributed by atoms with Crippen molar-refractivity contribution in [2.24, 2.45) is 0 Å². The molecule has 0 bridgehead atoms. The van der Waals surface area contributed by atoms with Crippen LogP contribution >= 0.6 is 0 Å². The van der Waals surface area contributed by atoms with Gasteiger partial charge in [0.2, 0.25) is 0 Å². The van der Waals surface area contributed by atoms with Crippen molar-refractivity contribution in [2.45, 2.75) is 71.1 Å². The van der Waals surface area contributed by atoms with Crippen LogP contribution in [0.2, 0.25) is 0 Å². The second-order valence-electron chi connectivity index (χ2n) is 4.94. The second kappa shape index (κ2) is 9.21. The fraction of sp³-hybridized carbons (Fsp3) is 0.688. The molecule has 1 aromatic heterocycles. The Bertz CT molecular complexity index is 268. The van der Waals surface area contributed by atoms with Gasteiger partial charge in [-0.05, 0) is 25.0 Å². The summed E-state index contributed by atoms with van der Waals surface area (Å²) in [7, 11) is 0. The maximum absolute atomic E-state index is 4.53. The first kappa shape index (κ1) is 14.2. The molecule has 1 unspecified atom stereocenters. The fourth-order valence-electron chi connectivity index (χ4n) is 2.33. The molecule has 0 radical (unpaired) electrons. The van der Waals surface area contributed by atoms with E-state index in [0.717, 1.165) is 0 Å². The molecule has 1 nitrogen and oxygen atoms in total. The summed E-state index contributed by atoms with van der Waals surface area (Å²) in [5.74, 6) is 0.688. The zero-order chi connectivity index (χ0) is 12.3. The zero-order valence-corrected chi connectivity index (χ0v) is 11.5. The highest BCUT2D eigenvalue weighted by Crippen LogP contribution is 2.26. The molecular weight excluding hydrogens is 206 g/mol. The summed E-state index contributed by atoms with van der Waals surface area (Å²) in [6, 6.07) is 6.32. The monoisotopic (exact) mass is 233 g/mol. The summed E-state index contributed by atoms with van der Waals surface area (Å²) in [5, 5.41) is 0. The molecule has 0 amide bonds. The van der Waals surface area contributed by atoms with E-state index in [4.69, 9.17) is 0 Å². The maximum Gasteiger partial charge on any atom is 0.0434 e. The molecule has 1 heterocycles. The minimum absolute atomic E-state index is 0.688. The molecule has 0 aliphatic carbocycles. The molecule has 1 heteroatoms. The Balaban J connectivity index is 2.43. The first-order chi connectivity index (χ1) is 8.38. The Morgan fingerprint density at radius 1 is 0.941 bits per heavy atom. The fourth-order valence-corrected chi connectivity index (χ4v) is 2.33. The minimum Gasteiger partial charge on any atom is -0.261 e. The Hall–Kier alpha value is -0.850. The summed E-state index contributed by atoms with van der Waals surface area (Å²) in [4.78, 5) is 4.53. The van der Waals surface area contributed by atoms with Gasteiger partial charge in [-0.25, -0.2) is 0 Å². The van der Waals surface area contributed by atoms with Crippen molar-refractivity contribution in [3.8, 4) is 0 Å². The number of rotatable bonds is 9. The number of unbranched alkanes of at least 4 members (excludes halogenated alkanes) is 4. The third kappa shape index (κ3) is 5.86. The van der Waals surface area contributed by atoms with Crippen LogP contribution in [0.5, 0.6) is 0 Å². The lowest BCUT2D eigenvalue weighted by atomic mass is 9.92. The van der Waals surface area contributed by atoms with Crippen LogP contribution in [0.15, 0.2) is 24.4 Å². The van der Waals surface area contributed by atoms with Crippen LogP contribution in [-0.2, 0) is 0 Å². The van der Waals surface area contributed by atoms with E-state index in [1.807, 2.05) is 12.3 Å². The van der Waals surface area contributed by atoms with Gasteiger partial charge in [-0.3, -0.25) is 4.98 Å². The summed E-state index contributed by atoms with van der Waals surface area (Å²) in [6.45, 7) is 4.54. The first-order valence-electron chi connectivity index (χ1n) is 7.29. The van der Waals surface area contributed by atoms with Crippen molar-refractivity contribution in [1.82, 2.24) is 4.98 Å². The zero-order valence-electron chi connectivity index (χ0n) is 11.5. The average molecular weight is 233 g/mol. The van der Waals surface area contributed by atoms with E-state index in [0.29, 0.717) is 5.92 Å². The summed E-state index contributed by atoms with van der Waals surface area (Å²) < 4.78 is 0. The van der Waals surface area contributed by atoms with E-state index >= 15 is 0 Å². The van der Waals surface area contributed by atoms with Crippen molar-refractivity contribution in [3.63, 3.8) is 0 Å². The van der Waals surface area contributed by atoms with E-state index in [-0.39, 0.29) is 0 Å². The van der Waals surface area contributed by atoms with E-state index in [1.54, 1.807) is 0 Å². The van der Waals surface area contributed by atoms with Gasteiger partial charge in [0, 0.05) is 17.8 Å². The summed E-state index contributed by atoms with van der Waals surface area (Å²) >= 11 is 0. The van der Waals surface area contributed by atoms with Crippen LogP contribution < -0.4 is 0 Å². The maximum atomic E-state index is 4.53. The molecule has 1 aromatic rings. The highest BCUT2D eigenvalue weighted by Gasteiger charge is 2.11. The molecule has 0 N–H and O–H groups in total. The lowest BCUT2D eigenvalue weighted by molar-refractivity contribution is 0.500. The standard InChI is InChI=1S/C16H27N/c1-3-5-7-8-12-15(11-6-4-2)16-13-9-10-14-17-16/h9-10,13-15H,3-8,11-12H2,1-2H3. The highest BCUT2D eigenvalue weighted by atomic mass is 14.7. The molecule has 0 aliphatic heterocycles. The number of aromatic nitrogens is 1. The van der Waals surface area contributed by atoms with Crippen molar-refractivity contribution >= 4 is 0 Å². The van der Waals surface area contributed by atoms with Crippen molar-refractivity contribution in [1.29, 1.82) is 0 Å². The Kier molecular flexibility index (Phi) is 7.70. The molecule has 96 valence electrons. The smallest absolute Gasteiger partial charge is 0.0434 e. The molecule has 1 rings (SSSR count). The van der Waals surface area contributed by atoms with Gasteiger partial charge in [-0.2, -0.15) is 0 Å². The Morgan fingerprint density at radius 2 is 1.71 bits per heavy atom. The highest BCUT2D eigenvalue weighted by molar-refractivity contribution is 5.09. The van der Waals surface area contributed by atoms with Gasteiger partial charge in [-0.15, -0.1) is 0 Å². The number of hydrogen-bond acceptors (Lipinski definition) is 1. The van der Waals surface area contributed by atoms with Crippen molar-refractivity contribution in [3.05, 3.63) is 30.1 Å². The Morgan fingerprint density at radius 3 is 2.35 bits per heavy atom. The quantitative estimate of drug-likeness (QED) is 0.526. The van der Waals surface area contributed by atoms with E-state index in [9.17, 15) is 0 Å². The number of hydrogen-bond donors (Lipinski definition) is 0. The SMILES string of the molecule is CCCCCCC(CCCC)c1ccccn1. The average Bonchev–Trinajstić information content (AvgIpc) is 2.39. The third-order valence-corrected chi connectivity index (χ3v) is 3.42. The van der Waals surface area contributed by atoms with Crippen LogP contribution in [0, 0.1) is 0 Å². The minimum atomic E-state index is 0.688. The predicted octanol–water partition coefficient (Wildman–Crippen LogP) is 5.33.